The zero-order chi connectivity index (χ0) is 36.3. The Morgan fingerprint density at radius 3 is 1.46 bits per heavy atom. The summed E-state index contributed by atoms with van der Waals surface area (Å²) in [6.45, 7) is 0. The van der Waals surface area contributed by atoms with Gasteiger partial charge in [-0.2, -0.15) is 5.26 Å². The van der Waals surface area contributed by atoms with Gasteiger partial charge in [0, 0.05) is 16.7 Å². The van der Waals surface area contributed by atoms with Crippen molar-refractivity contribution < 1.29 is 0 Å². The number of aromatic nitrogens is 3. The second-order valence-corrected chi connectivity index (χ2v) is 13.1. The molecule has 0 aliphatic heterocycles. The lowest BCUT2D eigenvalue weighted by Crippen LogP contribution is -2.01. The minimum atomic E-state index is 0.589. The van der Waals surface area contributed by atoms with Crippen LogP contribution in [-0.4, -0.2) is 15.0 Å². The monoisotopic (exact) mass is 688 g/mol. The fraction of sp³-hybridized carbons (Fsp3) is 0. The lowest BCUT2D eigenvalue weighted by Gasteiger charge is -2.18. The minimum absolute atomic E-state index is 0.589. The highest BCUT2D eigenvalue weighted by Crippen LogP contribution is 2.43. The van der Waals surface area contributed by atoms with Crippen LogP contribution in [0.1, 0.15) is 5.56 Å². The molecule has 0 saturated carbocycles. The molecule has 0 unspecified atom stereocenters. The molecule has 0 aliphatic rings. The summed E-state index contributed by atoms with van der Waals surface area (Å²) in [6, 6.07) is 68.8. The van der Waals surface area contributed by atoms with Crippen LogP contribution < -0.4 is 0 Å². The van der Waals surface area contributed by atoms with Gasteiger partial charge in [0.2, 0.25) is 0 Å². The summed E-state index contributed by atoms with van der Waals surface area (Å²) >= 11 is 0. The van der Waals surface area contributed by atoms with E-state index in [4.69, 9.17) is 15.0 Å². The van der Waals surface area contributed by atoms with Crippen LogP contribution in [0.15, 0.2) is 194 Å². The fourth-order valence-corrected chi connectivity index (χ4v) is 7.20. The van der Waals surface area contributed by atoms with Gasteiger partial charge in [0.05, 0.1) is 11.6 Å². The van der Waals surface area contributed by atoms with E-state index in [2.05, 4.69) is 133 Å². The average molecular weight is 689 g/mol. The van der Waals surface area contributed by atoms with Gasteiger partial charge in [-0.1, -0.05) is 176 Å². The summed E-state index contributed by atoms with van der Waals surface area (Å²) in [6.07, 6.45) is 0. The molecule has 252 valence electrons. The molecule has 4 nitrogen and oxygen atoms in total. The maximum Gasteiger partial charge on any atom is 0.164 e. The topological polar surface area (TPSA) is 62.5 Å². The van der Waals surface area contributed by atoms with Crippen molar-refractivity contribution >= 4 is 10.8 Å². The summed E-state index contributed by atoms with van der Waals surface area (Å²) in [5.74, 6) is 1.80. The molecule has 0 saturated heterocycles. The number of fused-ring (bicyclic) bond motifs is 1. The molecule has 1 aromatic heterocycles. The van der Waals surface area contributed by atoms with Crippen molar-refractivity contribution in [2.24, 2.45) is 0 Å². The quantitative estimate of drug-likeness (QED) is 0.167. The lowest BCUT2D eigenvalue weighted by molar-refractivity contribution is 1.08. The van der Waals surface area contributed by atoms with Crippen molar-refractivity contribution in [3.05, 3.63) is 200 Å². The largest absolute Gasteiger partial charge is 0.208 e. The van der Waals surface area contributed by atoms with Crippen molar-refractivity contribution in [3.8, 4) is 84.7 Å². The van der Waals surface area contributed by atoms with E-state index in [0.717, 1.165) is 49.7 Å². The van der Waals surface area contributed by atoms with E-state index in [1.54, 1.807) is 0 Å². The van der Waals surface area contributed by atoms with Crippen molar-refractivity contribution in [1.29, 1.82) is 5.26 Å². The molecule has 0 radical (unpaired) electrons. The number of nitrogens with zero attached hydrogens (tertiary/aromatic N) is 4. The van der Waals surface area contributed by atoms with Gasteiger partial charge in [-0.3, -0.25) is 0 Å². The van der Waals surface area contributed by atoms with Crippen LogP contribution in [0, 0.1) is 11.3 Å². The van der Waals surface area contributed by atoms with Crippen molar-refractivity contribution in [2.75, 3.05) is 0 Å². The van der Waals surface area contributed by atoms with E-state index in [1.807, 2.05) is 66.7 Å². The smallest absolute Gasteiger partial charge is 0.164 e. The Hall–Kier alpha value is -7.48. The zero-order valence-corrected chi connectivity index (χ0v) is 29.3. The number of benzene rings is 8. The van der Waals surface area contributed by atoms with Crippen molar-refractivity contribution in [1.82, 2.24) is 15.0 Å². The minimum Gasteiger partial charge on any atom is -0.208 e. The van der Waals surface area contributed by atoms with Crippen LogP contribution in [0.5, 0.6) is 0 Å². The highest BCUT2D eigenvalue weighted by atomic mass is 15.0. The summed E-state index contributed by atoms with van der Waals surface area (Å²) in [4.78, 5) is 15.2. The molecule has 0 atom stereocenters. The first-order chi connectivity index (χ1) is 26.7. The Labute approximate surface area is 314 Å². The molecule has 54 heavy (non-hydrogen) atoms. The van der Waals surface area contributed by atoms with E-state index < -0.39 is 0 Å². The van der Waals surface area contributed by atoms with Gasteiger partial charge in [0.15, 0.2) is 17.5 Å². The van der Waals surface area contributed by atoms with Crippen LogP contribution in [0.25, 0.3) is 89.4 Å². The molecule has 0 amide bonds. The molecule has 0 N–H and O–H groups in total. The summed E-state index contributed by atoms with van der Waals surface area (Å²) in [7, 11) is 0. The van der Waals surface area contributed by atoms with E-state index in [0.29, 0.717) is 23.0 Å². The number of hydrogen-bond donors (Lipinski definition) is 0. The molecule has 4 heteroatoms. The number of nitriles is 1. The molecule has 0 aliphatic carbocycles. The highest BCUT2D eigenvalue weighted by Gasteiger charge is 2.19. The van der Waals surface area contributed by atoms with Crippen LogP contribution in [0.4, 0.5) is 0 Å². The molecule has 0 bridgehead atoms. The predicted molar refractivity (Wildman–Crippen MR) is 220 cm³/mol. The Morgan fingerprint density at radius 2 is 0.796 bits per heavy atom. The number of hydrogen-bond acceptors (Lipinski definition) is 4. The van der Waals surface area contributed by atoms with Gasteiger partial charge in [-0.15, -0.1) is 0 Å². The second-order valence-electron chi connectivity index (χ2n) is 13.1. The fourth-order valence-electron chi connectivity index (χ4n) is 7.20. The first kappa shape index (κ1) is 32.4. The molecule has 9 rings (SSSR count). The van der Waals surface area contributed by atoms with Crippen LogP contribution in [-0.2, 0) is 0 Å². The normalized spacial score (nSPS) is 10.9. The van der Waals surface area contributed by atoms with E-state index in [9.17, 15) is 5.26 Å². The van der Waals surface area contributed by atoms with E-state index in [1.165, 1.54) is 22.3 Å². The molecular weight excluding hydrogens is 657 g/mol. The summed E-state index contributed by atoms with van der Waals surface area (Å²) < 4.78 is 0. The van der Waals surface area contributed by atoms with Gasteiger partial charge in [0.1, 0.15) is 0 Å². The second kappa shape index (κ2) is 14.3. The molecule has 0 fully saturated rings. The third-order valence-electron chi connectivity index (χ3n) is 9.80. The predicted octanol–water partition coefficient (Wildman–Crippen LogP) is 12.6. The summed E-state index contributed by atoms with van der Waals surface area (Å²) in [5.41, 5.74) is 12.4. The lowest BCUT2D eigenvalue weighted by atomic mass is 9.85. The third-order valence-corrected chi connectivity index (χ3v) is 9.80. The average Bonchev–Trinajstić information content (AvgIpc) is 3.26. The van der Waals surface area contributed by atoms with Gasteiger partial charge < -0.3 is 0 Å². The van der Waals surface area contributed by atoms with Gasteiger partial charge in [-0.25, -0.2) is 15.0 Å². The van der Waals surface area contributed by atoms with Gasteiger partial charge in [0.25, 0.3) is 0 Å². The van der Waals surface area contributed by atoms with E-state index >= 15 is 0 Å². The Kier molecular flexibility index (Phi) is 8.57. The SMILES string of the molecule is N#Cc1cccc(-c2ccc(-c3nc(-c4ccccc4)nc(-c4ccc(-c5cccc(-c6ccccc6)c5-c5ccccc5)c5ccccc45)n3)cc2)c1. The first-order valence-corrected chi connectivity index (χ1v) is 17.9. The van der Waals surface area contributed by atoms with Gasteiger partial charge >= 0.3 is 0 Å². The van der Waals surface area contributed by atoms with Crippen molar-refractivity contribution in [3.63, 3.8) is 0 Å². The standard InChI is InChI=1S/C50H32N4/c51-33-34-14-12-21-40(32-34)35-26-28-39(29-27-35)49-52-48(38-19-8-3-9-20-38)53-50(54-49)46-31-30-44(42-22-10-11-23-43(42)46)45-25-13-24-41(36-15-4-1-5-16-36)47(45)37-17-6-2-7-18-37/h1-32H. The Bertz CT molecular complexity index is 2810. The number of rotatable bonds is 7. The van der Waals surface area contributed by atoms with Crippen molar-refractivity contribution in [2.45, 2.75) is 0 Å². The first-order valence-electron chi connectivity index (χ1n) is 17.9. The molecule has 9 aromatic rings. The summed E-state index contributed by atoms with van der Waals surface area (Å²) in [5, 5.41) is 11.6. The van der Waals surface area contributed by atoms with Crippen LogP contribution >= 0.6 is 0 Å². The molecular formula is C50H32N4. The Balaban J connectivity index is 1.21. The van der Waals surface area contributed by atoms with Gasteiger partial charge in [-0.05, 0) is 73.5 Å². The molecule has 0 spiro atoms. The van der Waals surface area contributed by atoms with Crippen LogP contribution in [0.2, 0.25) is 0 Å². The highest BCUT2D eigenvalue weighted by molar-refractivity contribution is 6.08. The molecule has 8 aromatic carbocycles. The maximum absolute atomic E-state index is 9.42. The van der Waals surface area contributed by atoms with E-state index in [-0.39, 0.29) is 0 Å². The Morgan fingerprint density at radius 1 is 0.315 bits per heavy atom. The third kappa shape index (κ3) is 6.21. The van der Waals surface area contributed by atoms with Crippen LogP contribution in [0.3, 0.4) is 0 Å². The zero-order valence-electron chi connectivity index (χ0n) is 29.3. The molecule has 1 heterocycles. The maximum atomic E-state index is 9.42.